The standard InChI is InChI=1S/C23H13NO2/c1-2-10-19-17(6-1)21-20(25-19)12-11-15-14-7-5-8-16(22(14)26-23(15)21)18-9-3-4-13-24-18/h1-13H. The summed E-state index contributed by atoms with van der Waals surface area (Å²) in [5, 5.41) is 4.29. The first-order valence-electron chi connectivity index (χ1n) is 8.57. The highest BCUT2D eigenvalue weighted by Gasteiger charge is 2.17. The van der Waals surface area contributed by atoms with E-state index in [0.29, 0.717) is 0 Å². The van der Waals surface area contributed by atoms with Crippen LogP contribution in [0.4, 0.5) is 0 Å². The summed E-state index contributed by atoms with van der Waals surface area (Å²) in [5.41, 5.74) is 5.35. The van der Waals surface area contributed by atoms with Gasteiger partial charge < -0.3 is 8.83 Å². The zero-order valence-corrected chi connectivity index (χ0v) is 13.8. The SMILES string of the molecule is c1ccc(-c2cccc3c2oc2c3ccc3oc4ccccc4c32)nc1. The van der Waals surface area contributed by atoms with Crippen molar-refractivity contribution < 1.29 is 8.83 Å². The third-order valence-corrected chi connectivity index (χ3v) is 4.95. The monoisotopic (exact) mass is 335 g/mol. The molecule has 0 atom stereocenters. The summed E-state index contributed by atoms with van der Waals surface area (Å²) in [4.78, 5) is 4.49. The Bertz CT molecular complexity index is 1420. The highest BCUT2D eigenvalue weighted by atomic mass is 16.3. The number of benzene rings is 3. The van der Waals surface area contributed by atoms with Crippen LogP contribution < -0.4 is 0 Å². The Morgan fingerprint density at radius 3 is 2.35 bits per heavy atom. The van der Waals surface area contributed by atoms with Gasteiger partial charge in [-0.15, -0.1) is 0 Å². The minimum absolute atomic E-state index is 0.845. The summed E-state index contributed by atoms with van der Waals surface area (Å²) in [6.45, 7) is 0. The van der Waals surface area contributed by atoms with E-state index >= 15 is 0 Å². The fraction of sp³-hybridized carbons (Fsp3) is 0. The summed E-state index contributed by atoms with van der Waals surface area (Å²) in [5.74, 6) is 0. The van der Waals surface area contributed by atoms with Crippen molar-refractivity contribution in [3.63, 3.8) is 0 Å². The predicted octanol–water partition coefficient (Wildman–Crippen LogP) is 6.55. The largest absolute Gasteiger partial charge is 0.456 e. The lowest BCUT2D eigenvalue weighted by molar-refractivity contribution is 0.663. The van der Waals surface area contributed by atoms with E-state index in [-0.39, 0.29) is 0 Å². The second kappa shape index (κ2) is 4.96. The van der Waals surface area contributed by atoms with Crippen molar-refractivity contribution in [3.05, 3.63) is 79.0 Å². The molecule has 0 aliphatic rings. The summed E-state index contributed by atoms with van der Waals surface area (Å²) in [6, 6.07) is 24.3. The molecule has 6 rings (SSSR count). The number of rotatable bonds is 1. The minimum atomic E-state index is 0.845. The Hall–Kier alpha value is -3.59. The van der Waals surface area contributed by atoms with Crippen LogP contribution in [0.15, 0.2) is 87.8 Å². The van der Waals surface area contributed by atoms with E-state index in [2.05, 4.69) is 35.3 Å². The molecule has 0 bridgehead atoms. The molecule has 0 N–H and O–H groups in total. The van der Waals surface area contributed by atoms with Crippen molar-refractivity contribution in [2.75, 3.05) is 0 Å². The van der Waals surface area contributed by atoms with E-state index in [4.69, 9.17) is 8.83 Å². The lowest BCUT2D eigenvalue weighted by atomic mass is 10.0. The maximum absolute atomic E-state index is 6.42. The quantitative estimate of drug-likeness (QED) is 0.342. The molecule has 0 unspecified atom stereocenters. The molecule has 3 aromatic carbocycles. The van der Waals surface area contributed by atoms with Crippen molar-refractivity contribution in [2.45, 2.75) is 0 Å². The Morgan fingerprint density at radius 1 is 0.577 bits per heavy atom. The Balaban J connectivity index is 1.81. The molecule has 3 heterocycles. The van der Waals surface area contributed by atoms with E-state index in [9.17, 15) is 0 Å². The van der Waals surface area contributed by atoms with Crippen LogP contribution in [0.3, 0.4) is 0 Å². The van der Waals surface area contributed by atoms with Gasteiger partial charge in [-0.3, -0.25) is 4.98 Å². The molecule has 0 spiro atoms. The van der Waals surface area contributed by atoms with Crippen LogP contribution in [0.1, 0.15) is 0 Å². The van der Waals surface area contributed by atoms with Gasteiger partial charge in [0.15, 0.2) is 0 Å². The molecule has 0 saturated carbocycles. The molecular weight excluding hydrogens is 322 g/mol. The number of fused-ring (bicyclic) bond motifs is 7. The van der Waals surface area contributed by atoms with E-state index in [1.807, 2.05) is 42.5 Å². The fourth-order valence-electron chi connectivity index (χ4n) is 3.79. The minimum Gasteiger partial charge on any atom is -0.456 e. The zero-order valence-electron chi connectivity index (χ0n) is 13.8. The molecular formula is C23H13NO2. The highest BCUT2D eigenvalue weighted by molar-refractivity contribution is 6.22. The Labute approximate surface area is 148 Å². The van der Waals surface area contributed by atoms with Crippen molar-refractivity contribution in [1.82, 2.24) is 4.98 Å². The lowest BCUT2D eigenvalue weighted by Crippen LogP contribution is -1.81. The van der Waals surface area contributed by atoms with Gasteiger partial charge in [-0.1, -0.05) is 36.4 Å². The molecule has 3 aromatic heterocycles. The van der Waals surface area contributed by atoms with Crippen molar-refractivity contribution in [2.24, 2.45) is 0 Å². The Kier molecular flexibility index (Phi) is 2.61. The topological polar surface area (TPSA) is 39.2 Å². The van der Waals surface area contributed by atoms with Gasteiger partial charge in [-0.2, -0.15) is 0 Å². The van der Waals surface area contributed by atoms with Crippen molar-refractivity contribution in [3.8, 4) is 11.3 Å². The lowest BCUT2D eigenvalue weighted by Gasteiger charge is -2.00. The molecule has 122 valence electrons. The van der Waals surface area contributed by atoms with Crippen LogP contribution in [0.5, 0.6) is 0 Å². The van der Waals surface area contributed by atoms with Crippen LogP contribution in [0, 0.1) is 0 Å². The number of para-hydroxylation sites is 2. The molecule has 3 nitrogen and oxygen atoms in total. The first kappa shape index (κ1) is 13.7. The second-order valence-electron chi connectivity index (χ2n) is 6.41. The Morgan fingerprint density at radius 2 is 1.42 bits per heavy atom. The van der Waals surface area contributed by atoms with E-state index in [1.54, 1.807) is 6.20 Å². The van der Waals surface area contributed by atoms with Gasteiger partial charge in [0.2, 0.25) is 0 Å². The van der Waals surface area contributed by atoms with Gasteiger partial charge >= 0.3 is 0 Å². The first-order chi connectivity index (χ1) is 12.9. The third kappa shape index (κ3) is 1.74. The molecule has 3 heteroatoms. The maximum Gasteiger partial charge on any atom is 0.147 e. The smallest absolute Gasteiger partial charge is 0.147 e. The van der Waals surface area contributed by atoms with Gasteiger partial charge in [0.1, 0.15) is 22.3 Å². The molecule has 26 heavy (non-hydrogen) atoms. The van der Waals surface area contributed by atoms with E-state index < -0.39 is 0 Å². The van der Waals surface area contributed by atoms with Gasteiger partial charge in [-0.25, -0.2) is 0 Å². The van der Waals surface area contributed by atoms with Crippen molar-refractivity contribution in [1.29, 1.82) is 0 Å². The summed E-state index contributed by atoms with van der Waals surface area (Å²) in [7, 11) is 0. The zero-order chi connectivity index (χ0) is 17.1. The molecule has 0 amide bonds. The number of aromatic nitrogens is 1. The van der Waals surface area contributed by atoms with Crippen LogP contribution in [0.25, 0.3) is 55.1 Å². The molecule has 0 saturated heterocycles. The number of pyridine rings is 1. The average molecular weight is 335 g/mol. The second-order valence-corrected chi connectivity index (χ2v) is 6.41. The molecule has 0 radical (unpaired) electrons. The summed E-state index contributed by atoms with van der Waals surface area (Å²) < 4.78 is 12.4. The van der Waals surface area contributed by atoms with Gasteiger partial charge in [0.05, 0.1) is 11.1 Å². The van der Waals surface area contributed by atoms with Crippen LogP contribution >= 0.6 is 0 Å². The van der Waals surface area contributed by atoms with Gasteiger partial charge in [0.25, 0.3) is 0 Å². The molecule has 6 aromatic rings. The maximum atomic E-state index is 6.42. The number of hydrogen-bond acceptors (Lipinski definition) is 3. The predicted molar refractivity (Wildman–Crippen MR) is 104 cm³/mol. The fourth-order valence-corrected chi connectivity index (χ4v) is 3.79. The third-order valence-electron chi connectivity index (χ3n) is 4.95. The average Bonchev–Trinajstić information content (AvgIpc) is 3.26. The summed E-state index contributed by atoms with van der Waals surface area (Å²) >= 11 is 0. The highest BCUT2D eigenvalue weighted by Crippen LogP contribution is 2.41. The summed E-state index contributed by atoms with van der Waals surface area (Å²) in [6.07, 6.45) is 1.80. The number of hydrogen-bond donors (Lipinski definition) is 0. The molecule has 0 aliphatic heterocycles. The van der Waals surface area contributed by atoms with Crippen molar-refractivity contribution >= 4 is 43.9 Å². The molecule has 0 aliphatic carbocycles. The van der Waals surface area contributed by atoms with Crippen LogP contribution in [-0.4, -0.2) is 4.98 Å². The van der Waals surface area contributed by atoms with Crippen LogP contribution in [0.2, 0.25) is 0 Å². The number of furan rings is 2. The van der Waals surface area contributed by atoms with Gasteiger partial charge in [-0.05, 0) is 36.4 Å². The first-order valence-corrected chi connectivity index (χ1v) is 8.57. The van der Waals surface area contributed by atoms with Crippen LogP contribution in [-0.2, 0) is 0 Å². The number of nitrogens with zero attached hydrogens (tertiary/aromatic N) is 1. The van der Waals surface area contributed by atoms with E-state index in [0.717, 1.165) is 55.1 Å². The van der Waals surface area contributed by atoms with E-state index in [1.165, 1.54) is 0 Å². The molecule has 0 fully saturated rings. The normalized spacial score (nSPS) is 11.8. The van der Waals surface area contributed by atoms with Gasteiger partial charge in [0, 0.05) is 27.9 Å².